The van der Waals surface area contributed by atoms with Gasteiger partial charge in [-0.25, -0.2) is 0 Å². The summed E-state index contributed by atoms with van der Waals surface area (Å²) in [5, 5.41) is 0. The van der Waals surface area contributed by atoms with Crippen LogP contribution in [0.5, 0.6) is 0 Å². The van der Waals surface area contributed by atoms with E-state index >= 15 is 0 Å². The molecule has 4 aliphatic rings. The maximum absolute atomic E-state index is 12.5. The fraction of sp³-hybridized carbons (Fsp3) is 0.692. The largest absolute Gasteiger partial charge is 0.339 e. The lowest BCUT2D eigenvalue weighted by molar-refractivity contribution is -0.136. The lowest BCUT2D eigenvalue weighted by atomic mass is 9.48. The summed E-state index contributed by atoms with van der Waals surface area (Å²) in [7, 11) is 0. The van der Waals surface area contributed by atoms with Gasteiger partial charge >= 0.3 is 0 Å². The number of rotatable bonds is 2. The van der Waals surface area contributed by atoms with Crippen molar-refractivity contribution in [2.45, 2.75) is 78.7 Å². The van der Waals surface area contributed by atoms with Crippen molar-refractivity contribution >= 4 is 11.5 Å². The minimum atomic E-state index is 0.289. The van der Waals surface area contributed by atoms with Crippen molar-refractivity contribution in [1.82, 2.24) is 9.88 Å². The fourth-order valence-electron chi connectivity index (χ4n) is 8.04. The SMILES string of the molecule is CCC(=O)N1CC[C@@]2(C)C1CC[C@@H]1[C@@H]2CC[C@]2(C)C(c3cncc(C)c3)=CC[C@@H]12. The summed E-state index contributed by atoms with van der Waals surface area (Å²) in [6, 6.07) is 2.80. The van der Waals surface area contributed by atoms with Gasteiger partial charge in [-0.05, 0) is 96.8 Å². The highest BCUT2D eigenvalue weighted by molar-refractivity contribution is 5.77. The number of likely N-dealkylation sites (tertiary alicyclic amines) is 1. The van der Waals surface area contributed by atoms with E-state index < -0.39 is 0 Å². The van der Waals surface area contributed by atoms with Gasteiger partial charge in [0.05, 0.1) is 0 Å². The lowest BCUT2D eigenvalue weighted by Gasteiger charge is -2.57. The van der Waals surface area contributed by atoms with E-state index in [0.29, 0.717) is 23.8 Å². The summed E-state index contributed by atoms with van der Waals surface area (Å²) in [6.45, 7) is 10.2. The number of amides is 1. The molecule has 2 saturated carbocycles. The summed E-state index contributed by atoms with van der Waals surface area (Å²) in [5.41, 5.74) is 4.76. The van der Waals surface area contributed by atoms with E-state index in [9.17, 15) is 4.79 Å². The third-order valence-corrected chi connectivity index (χ3v) is 9.48. The Morgan fingerprint density at radius 3 is 2.76 bits per heavy atom. The van der Waals surface area contributed by atoms with Crippen molar-refractivity contribution in [3.63, 3.8) is 0 Å². The van der Waals surface area contributed by atoms with Crippen LogP contribution in [0, 0.1) is 35.5 Å². The lowest BCUT2D eigenvalue weighted by Crippen LogP contribution is -2.54. The molecule has 1 amide bonds. The number of aryl methyl sites for hydroxylation is 1. The predicted octanol–water partition coefficient (Wildman–Crippen LogP) is 5.64. The molecule has 1 unspecified atom stereocenters. The third-order valence-electron chi connectivity index (χ3n) is 9.48. The number of allylic oxidation sites excluding steroid dienone is 2. The fourth-order valence-corrected chi connectivity index (χ4v) is 8.04. The first-order chi connectivity index (χ1) is 13.9. The summed E-state index contributed by atoms with van der Waals surface area (Å²) in [5.74, 6) is 2.70. The average Bonchev–Trinajstić information content (AvgIpc) is 3.24. The van der Waals surface area contributed by atoms with E-state index in [-0.39, 0.29) is 5.41 Å². The summed E-state index contributed by atoms with van der Waals surface area (Å²) in [6.07, 6.45) is 14.7. The molecule has 2 heterocycles. The molecule has 3 heteroatoms. The number of aromatic nitrogens is 1. The molecule has 3 aliphatic carbocycles. The Labute approximate surface area is 176 Å². The Morgan fingerprint density at radius 1 is 1.17 bits per heavy atom. The molecule has 0 N–H and O–H groups in total. The van der Waals surface area contributed by atoms with Crippen molar-refractivity contribution in [1.29, 1.82) is 0 Å². The molecule has 0 spiro atoms. The van der Waals surface area contributed by atoms with Gasteiger partial charge in [0.25, 0.3) is 0 Å². The van der Waals surface area contributed by atoms with Gasteiger partial charge in [0.1, 0.15) is 0 Å². The Hall–Kier alpha value is -1.64. The van der Waals surface area contributed by atoms with E-state index in [1.807, 2.05) is 13.1 Å². The Balaban J connectivity index is 1.43. The van der Waals surface area contributed by atoms with Crippen LogP contribution in [0.2, 0.25) is 0 Å². The number of hydrogen-bond acceptors (Lipinski definition) is 2. The van der Waals surface area contributed by atoms with Crippen molar-refractivity contribution in [3.8, 4) is 0 Å². The van der Waals surface area contributed by atoms with Crippen LogP contribution in [0.25, 0.3) is 5.57 Å². The number of carbonyl (C=O) groups excluding carboxylic acids is 1. The molecular weight excluding hydrogens is 356 g/mol. The number of pyridine rings is 1. The van der Waals surface area contributed by atoms with Gasteiger partial charge in [-0.1, -0.05) is 26.8 Å². The zero-order valence-corrected chi connectivity index (χ0v) is 18.6. The van der Waals surface area contributed by atoms with Crippen molar-refractivity contribution in [2.24, 2.45) is 28.6 Å². The summed E-state index contributed by atoms with van der Waals surface area (Å²) >= 11 is 0. The molecule has 5 rings (SSSR count). The Kier molecular flexibility index (Phi) is 4.46. The highest BCUT2D eigenvalue weighted by atomic mass is 16.2. The van der Waals surface area contributed by atoms with E-state index in [1.54, 1.807) is 5.57 Å². The molecule has 156 valence electrons. The van der Waals surface area contributed by atoms with Crippen LogP contribution in [-0.2, 0) is 4.79 Å². The second-order valence-electron chi connectivity index (χ2n) is 10.7. The minimum absolute atomic E-state index is 0.289. The van der Waals surface area contributed by atoms with Crippen LogP contribution >= 0.6 is 0 Å². The molecule has 0 radical (unpaired) electrons. The quantitative estimate of drug-likeness (QED) is 0.653. The first kappa shape index (κ1) is 19.3. The Morgan fingerprint density at radius 2 is 2.00 bits per heavy atom. The smallest absolute Gasteiger partial charge is 0.222 e. The molecule has 0 aromatic carbocycles. The molecule has 29 heavy (non-hydrogen) atoms. The molecule has 6 atom stereocenters. The standard InChI is InChI=1S/C26H36N2O/c1-5-24(29)28-13-12-26(4)22-10-11-25(3)20(18-14-17(2)15-27-16-18)7-8-21(25)19(22)6-9-23(26)28/h7,14-16,19,21-23H,5-6,8-13H2,1-4H3/t19-,21-,22-,23?,25+,26+/m0/s1. The highest BCUT2D eigenvalue weighted by Crippen LogP contribution is 2.66. The molecule has 0 bridgehead atoms. The second kappa shape index (κ2) is 6.68. The molecule has 3 fully saturated rings. The van der Waals surface area contributed by atoms with Crippen LogP contribution in [0.4, 0.5) is 0 Å². The van der Waals surface area contributed by atoms with E-state index in [0.717, 1.165) is 24.3 Å². The van der Waals surface area contributed by atoms with Gasteiger partial charge in [0, 0.05) is 31.4 Å². The normalized spacial score (nSPS) is 40.8. The van der Waals surface area contributed by atoms with Crippen molar-refractivity contribution in [3.05, 3.63) is 35.7 Å². The molecule has 1 saturated heterocycles. The molecular formula is C26H36N2O. The van der Waals surface area contributed by atoms with E-state index in [2.05, 4.69) is 49.0 Å². The van der Waals surface area contributed by atoms with Crippen molar-refractivity contribution < 1.29 is 4.79 Å². The second-order valence-corrected chi connectivity index (χ2v) is 10.7. The zero-order valence-electron chi connectivity index (χ0n) is 18.6. The van der Waals surface area contributed by atoms with Crippen molar-refractivity contribution in [2.75, 3.05) is 6.54 Å². The van der Waals surface area contributed by atoms with E-state index in [1.165, 1.54) is 49.7 Å². The predicted molar refractivity (Wildman–Crippen MR) is 117 cm³/mol. The van der Waals surface area contributed by atoms with Gasteiger partial charge in [-0.15, -0.1) is 0 Å². The zero-order chi connectivity index (χ0) is 20.4. The van der Waals surface area contributed by atoms with Crippen LogP contribution in [-0.4, -0.2) is 28.4 Å². The van der Waals surface area contributed by atoms with Crippen LogP contribution in [0.3, 0.4) is 0 Å². The monoisotopic (exact) mass is 392 g/mol. The van der Waals surface area contributed by atoms with Gasteiger partial charge in [0.2, 0.25) is 5.91 Å². The molecule has 1 aromatic heterocycles. The molecule has 1 aliphatic heterocycles. The maximum Gasteiger partial charge on any atom is 0.222 e. The summed E-state index contributed by atoms with van der Waals surface area (Å²) in [4.78, 5) is 19.3. The molecule has 1 aromatic rings. The van der Waals surface area contributed by atoms with Gasteiger partial charge in [0.15, 0.2) is 0 Å². The van der Waals surface area contributed by atoms with Crippen LogP contribution in [0.1, 0.15) is 76.8 Å². The third kappa shape index (κ3) is 2.68. The number of carbonyl (C=O) groups is 1. The molecule has 3 nitrogen and oxygen atoms in total. The average molecular weight is 393 g/mol. The Bertz CT molecular complexity index is 860. The highest BCUT2D eigenvalue weighted by Gasteiger charge is 2.60. The van der Waals surface area contributed by atoms with Gasteiger partial charge < -0.3 is 4.90 Å². The minimum Gasteiger partial charge on any atom is -0.339 e. The number of fused-ring (bicyclic) bond motifs is 5. The number of nitrogens with zero attached hydrogens (tertiary/aromatic N) is 2. The van der Waals surface area contributed by atoms with Gasteiger partial charge in [-0.3, -0.25) is 9.78 Å². The van der Waals surface area contributed by atoms with Gasteiger partial charge in [-0.2, -0.15) is 0 Å². The summed E-state index contributed by atoms with van der Waals surface area (Å²) < 4.78 is 0. The van der Waals surface area contributed by atoms with Crippen LogP contribution in [0.15, 0.2) is 24.5 Å². The maximum atomic E-state index is 12.5. The van der Waals surface area contributed by atoms with Crippen LogP contribution < -0.4 is 0 Å². The topological polar surface area (TPSA) is 33.2 Å². The first-order valence-electron chi connectivity index (χ1n) is 11.8. The first-order valence-corrected chi connectivity index (χ1v) is 11.8. The van der Waals surface area contributed by atoms with E-state index in [4.69, 9.17) is 0 Å². The number of hydrogen-bond donors (Lipinski definition) is 0.